The second-order valence-electron chi connectivity index (χ2n) is 11.4. The van der Waals surface area contributed by atoms with Crippen molar-refractivity contribution in [3.05, 3.63) is 72.1 Å². The molecule has 0 saturated heterocycles. The van der Waals surface area contributed by atoms with Gasteiger partial charge in [0.2, 0.25) is 5.91 Å². The number of pyridine rings is 1. The summed E-state index contributed by atoms with van der Waals surface area (Å²) in [6.45, 7) is 5.37. The first-order valence-corrected chi connectivity index (χ1v) is 13.5. The molecule has 39 heavy (non-hydrogen) atoms. The molecule has 3 aromatic rings. The van der Waals surface area contributed by atoms with Gasteiger partial charge in [-0.05, 0) is 74.7 Å². The van der Waals surface area contributed by atoms with Gasteiger partial charge in [-0.15, -0.1) is 0 Å². The first-order chi connectivity index (χ1) is 18.5. The highest BCUT2D eigenvalue weighted by molar-refractivity contribution is 5.98. The maximum atomic E-state index is 13.5. The molecule has 0 spiro atoms. The second-order valence-corrected chi connectivity index (χ2v) is 11.4. The quantitative estimate of drug-likeness (QED) is 0.325. The monoisotopic (exact) mass is 531 g/mol. The van der Waals surface area contributed by atoms with Crippen molar-refractivity contribution < 1.29 is 24.2 Å². The Morgan fingerprint density at radius 3 is 2.38 bits per heavy atom. The van der Waals surface area contributed by atoms with Crippen LogP contribution in [0, 0.1) is 5.41 Å². The number of rotatable bonds is 8. The fraction of sp³-hybridized carbons (Fsp3) is 0.419. The van der Waals surface area contributed by atoms with Crippen molar-refractivity contribution in [2.75, 3.05) is 11.9 Å². The number of carbonyl (C=O) groups is 3. The third kappa shape index (κ3) is 7.34. The zero-order valence-electron chi connectivity index (χ0n) is 22.8. The van der Waals surface area contributed by atoms with Crippen LogP contribution in [0.4, 0.5) is 10.5 Å². The predicted octanol–water partition coefficient (Wildman–Crippen LogP) is 6.06. The molecule has 1 unspecified atom stereocenters. The molecule has 8 nitrogen and oxygen atoms in total. The highest BCUT2D eigenvalue weighted by atomic mass is 16.6. The van der Waals surface area contributed by atoms with Crippen LogP contribution in [-0.2, 0) is 20.7 Å². The standard InChI is InChI=1S/C31H37N3O5/c1-30(2,3)39-29(38)33-20-26(27(35)34-25-12-11-24-19-32-16-13-23(24)17-25)22-9-7-21(8-10-22)18-31(28(36)37)14-5-4-6-15-31/h7-13,16-17,19,26H,4-6,14-15,18,20H2,1-3H3,(H,33,38)(H,34,35)(H,36,37). The Hall–Kier alpha value is -3.94. The molecule has 1 heterocycles. The van der Waals surface area contributed by atoms with E-state index in [1.807, 2.05) is 48.5 Å². The minimum absolute atomic E-state index is 0.0384. The number of anilines is 1. The number of fused-ring (bicyclic) bond motifs is 1. The summed E-state index contributed by atoms with van der Waals surface area (Å²) in [4.78, 5) is 42.1. The van der Waals surface area contributed by atoms with Gasteiger partial charge in [-0.25, -0.2) is 4.79 Å². The van der Waals surface area contributed by atoms with Crippen molar-refractivity contribution in [3.63, 3.8) is 0 Å². The molecule has 0 bridgehead atoms. The van der Waals surface area contributed by atoms with Gasteiger partial charge in [-0.1, -0.05) is 49.6 Å². The minimum atomic E-state index is -0.740. The number of ether oxygens (including phenoxy) is 1. The third-order valence-corrected chi connectivity index (χ3v) is 7.26. The molecule has 2 amide bonds. The van der Waals surface area contributed by atoms with Crippen molar-refractivity contribution in [2.24, 2.45) is 5.41 Å². The minimum Gasteiger partial charge on any atom is -0.481 e. The first-order valence-electron chi connectivity index (χ1n) is 13.5. The lowest BCUT2D eigenvalue weighted by Gasteiger charge is -2.33. The number of nitrogens with zero attached hydrogens (tertiary/aromatic N) is 1. The molecule has 1 aliphatic carbocycles. The van der Waals surface area contributed by atoms with Gasteiger partial charge in [-0.3, -0.25) is 14.6 Å². The van der Waals surface area contributed by atoms with E-state index in [0.29, 0.717) is 30.5 Å². The van der Waals surface area contributed by atoms with Gasteiger partial charge in [0.15, 0.2) is 0 Å². The highest BCUT2D eigenvalue weighted by Gasteiger charge is 2.39. The van der Waals surface area contributed by atoms with E-state index in [4.69, 9.17) is 4.74 Å². The van der Waals surface area contributed by atoms with Crippen molar-refractivity contribution in [2.45, 2.75) is 70.8 Å². The van der Waals surface area contributed by atoms with Crippen molar-refractivity contribution >= 4 is 34.4 Å². The van der Waals surface area contributed by atoms with Gasteiger partial charge in [0.1, 0.15) is 5.60 Å². The molecule has 1 aliphatic rings. The Labute approximate surface area is 229 Å². The Morgan fingerprint density at radius 2 is 1.72 bits per heavy atom. The Balaban J connectivity index is 1.54. The van der Waals surface area contributed by atoms with Crippen molar-refractivity contribution in [1.29, 1.82) is 0 Å². The maximum absolute atomic E-state index is 13.5. The third-order valence-electron chi connectivity index (χ3n) is 7.26. The van der Waals surface area contributed by atoms with E-state index in [1.165, 1.54) is 0 Å². The number of nitrogens with one attached hydrogen (secondary N) is 2. The maximum Gasteiger partial charge on any atom is 0.407 e. The lowest BCUT2D eigenvalue weighted by atomic mass is 9.70. The van der Waals surface area contributed by atoms with Crippen LogP contribution < -0.4 is 10.6 Å². The van der Waals surface area contributed by atoms with Crippen LogP contribution in [0.5, 0.6) is 0 Å². The van der Waals surface area contributed by atoms with E-state index in [9.17, 15) is 19.5 Å². The molecular weight excluding hydrogens is 494 g/mol. The molecule has 1 fully saturated rings. The summed E-state index contributed by atoms with van der Waals surface area (Å²) in [6, 6.07) is 15.0. The molecule has 206 valence electrons. The van der Waals surface area contributed by atoms with E-state index in [-0.39, 0.29) is 12.5 Å². The average Bonchev–Trinajstić information content (AvgIpc) is 2.89. The molecule has 1 atom stereocenters. The van der Waals surface area contributed by atoms with Gasteiger partial charge in [0.05, 0.1) is 11.3 Å². The number of hydrogen-bond acceptors (Lipinski definition) is 5. The van der Waals surface area contributed by atoms with Crippen LogP contribution in [0.2, 0.25) is 0 Å². The van der Waals surface area contributed by atoms with Gasteiger partial charge in [0, 0.05) is 30.0 Å². The van der Waals surface area contributed by atoms with E-state index in [0.717, 1.165) is 35.6 Å². The molecular formula is C31H37N3O5. The summed E-state index contributed by atoms with van der Waals surface area (Å²) >= 11 is 0. The number of carboxylic acids is 1. The Kier molecular flexibility index (Phi) is 8.53. The van der Waals surface area contributed by atoms with Crippen molar-refractivity contribution in [3.8, 4) is 0 Å². The van der Waals surface area contributed by atoms with Crippen LogP contribution in [0.25, 0.3) is 10.8 Å². The summed E-state index contributed by atoms with van der Waals surface area (Å²) in [5.74, 6) is -1.71. The average molecular weight is 532 g/mol. The van der Waals surface area contributed by atoms with Gasteiger partial charge < -0.3 is 20.5 Å². The van der Waals surface area contributed by atoms with E-state index in [1.54, 1.807) is 33.2 Å². The highest BCUT2D eigenvalue weighted by Crippen LogP contribution is 2.39. The van der Waals surface area contributed by atoms with Crippen LogP contribution in [0.3, 0.4) is 0 Å². The SMILES string of the molecule is CC(C)(C)OC(=O)NCC(C(=O)Nc1ccc2cnccc2c1)c1ccc(CC2(C(=O)O)CCCCC2)cc1. The normalized spacial score (nSPS) is 15.8. The number of amides is 2. The summed E-state index contributed by atoms with van der Waals surface area (Å²) < 4.78 is 5.36. The Bertz CT molecular complexity index is 1320. The summed E-state index contributed by atoms with van der Waals surface area (Å²) in [5.41, 5.74) is 0.873. The summed E-state index contributed by atoms with van der Waals surface area (Å²) in [5, 5.41) is 17.6. The molecule has 2 aromatic carbocycles. The van der Waals surface area contributed by atoms with Crippen molar-refractivity contribution in [1.82, 2.24) is 10.3 Å². The van der Waals surface area contributed by atoms with Gasteiger partial charge in [-0.2, -0.15) is 0 Å². The smallest absolute Gasteiger partial charge is 0.407 e. The lowest BCUT2D eigenvalue weighted by Crippen LogP contribution is -2.37. The van der Waals surface area contributed by atoms with Crippen LogP contribution >= 0.6 is 0 Å². The Morgan fingerprint density at radius 1 is 1.00 bits per heavy atom. The van der Waals surface area contributed by atoms with Crippen LogP contribution in [0.15, 0.2) is 60.9 Å². The zero-order chi connectivity index (χ0) is 28.0. The number of carboxylic acid groups (broad SMARTS) is 1. The van der Waals surface area contributed by atoms with Gasteiger partial charge >= 0.3 is 12.1 Å². The number of hydrogen-bond donors (Lipinski definition) is 3. The van der Waals surface area contributed by atoms with Gasteiger partial charge in [0.25, 0.3) is 0 Å². The van der Waals surface area contributed by atoms with Crippen LogP contribution in [-0.4, -0.2) is 40.2 Å². The number of benzene rings is 2. The molecule has 0 aliphatic heterocycles. The lowest BCUT2D eigenvalue weighted by molar-refractivity contribution is -0.151. The van der Waals surface area contributed by atoms with E-state index in [2.05, 4.69) is 15.6 Å². The molecule has 1 aromatic heterocycles. The summed E-state index contributed by atoms with van der Waals surface area (Å²) in [7, 11) is 0. The van der Waals surface area contributed by atoms with E-state index < -0.39 is 29.0 Å². The topological polar surface area (TPSA) is 118 Å². The number of carbonyl (C=O) groups excluding carboxylic acids is 2. The predicted molar refractivity (Wildman–Crippen MR) is 151 cm³/mol. The fourth-order valence-corrected chi connectivity index (χ4v) is 5.21. The molecule has 0 radical (unpaired) electrons. The first kappa shape index (κ1) is 28.1. The summed E-state index contributed by atoms with van der Waals surface area (Å²) in [6.07, 6.45) is 7.60. The number of aromatic nitrogens is 1. The van der Waals surface area contributed by atoms with E-state index >= 15 is 0 Å². The van der Waals surface area contributed by atoms with Crippen LogP contribution in [0.1, 0.15) is 69.9 Å². The number of aliphatic carboxylic acids is 1. The molecule has 1 saturated carbocycles. The largest absolute Gasteiger partial charge is 0.481 e. The molecule has 8 heteroatoms. The second kappa shape index (κ2) is 11.8. The number of alkyl carbamates (subject to hydrolysis) is 1. The molecule has 4 rings (SSSR count). The zero-order valence-corrected chi connectivity index (χ0v) is 22.8. The fourth-order valence-electron chi connectivity index (χ4n) is 5.21. The molecule has 3 N–H and O–H groups in total.